The van der Waals surface area contributed by atoms with Crippen molar-refractivity contribution in [1.82, 2.24) is 20.1 Å². The van der Waals surface area contributed by atoms with Gasteiger partial charge in [0.1, 0.15) is 5.75 Å². The highest BCUT2D eigenvalue weighted by atomic mass is 16.5. The zero-order chi connectivity index (χ0) is 24.9. The third kappa shape index (κ3) is 6.72. The number of anilines is 1. The van der Waals surface area contributed by atoms with E-state index >= 15 is 0 Å². The number of carboxylic acids is 1. The van der Waals surface area contributed by atoms with E-state index in [1.54, 1.807) is 13.3 Å². The van der Waals surface area contributed by atoms with E-state index < -0.39 is 11.8 Å². The van der Waals surface area contributed by atoms with E-state index in [1.165, 1.54) is 6.39 Å². The molecule has 192 valence electrons. The van der Waals surface area contributed by atoms with E-state index in [0.29, 0.717) is 18.1 Å². The third-order valence-electron chi connectivity index (χ3n) is 6.50. The lowest BCUT2D eigenvalue weighted by atomic mass is 9.99. The molecule has 0 amide bonds. The number of aliphatic carboxylic acids is 1. The Labute approximate surface area is 206 Å². The molecule has 0 bridgehead atoms. The van der Waals surface area contributed by atoms with Crippen molar-refractivity contribution < 1.29 is 23.8 Å². The highest BCUT2D eigenvalue weighted by molar-refractivity contribution is 5.70. The lowest BCUT2D eigenvalue weighted by Gasteiger charge is -2.46. The van der Waals surface area contributed by atoms with Gasteiger partial charge in [0.15, 0.2) is 18.0 Å². The number of carbonyl (C=O) groups is 1. The quantitative estimate of drug-likeness (QED) is 0.432. The lowest BCUT2D eigenvalue weighted by molar-refractivity contribution is -0.138. The number of ether oxygens (including phenoxy) is 2. The number of nitrogens with one attached hydrogen (secondary N) is 2. The minimum Gasteiger partial charge on any atom is -0.496 e. The minimum atomic E-state index is -0.770. The summed E-state index contributed by atoms with van der Waals surface area (Å²) in [6.45, 7) is 9.21. The van der Waals surface area contributed by atoms with E-state index in [2.05, 4.69) is 34.4 Å². The van der Waals surface area contributed by atoms with Crippen LogP contribution in [0.15, 0.2) is 35.2 Å². The number of methoxy groups -OCH3 is 1. The number of carboxylic acid groups (broad SMARTS) is 1. The van der Waals surface area contributed by atoms with E-state index in [4.69, 9.17) is 19.0 Å². The second-order valence-electron chi connectivity index (χ2n) is 9.99. The van der Waals surface area contributed by atoms with Crippen molar-refractivity contribution in [3.8, 4) is 17.1 Å². The normalized spacial score (nSPS) is 22.1. The molecular formula is C25H37N5O5. The van der Waals surface area contributed by atoms with Gasteiger partial charge in [0.25, 0.3) is 0 Å². The molecule has 2 fully saturated rings. The van der Waals surface area contributed by atoms with Gasteiger partial charge in [-0.3, -0.25) is 19.9 Å². The summed E-state index contributed by atoms with van der Waals surface area (Å²) in [6, 6.07) is 5.91. The second kappa shape index (κ2) is 10.9. The minimum absolute atomic E-state index is 0.106. The van der Waals surface area contributed by atoms with Gasteiger partial charge >= 0.3 is 5.97 Å². The van der Waals surface area contributed by atoms with Crippen LogP contribution in [0.1, 0.15) is 33.1 Å². The van der Waals surface area contributed by atoms with Crippen molar-refractivity contribution in [2.75, 3.05) is 58.3 Å². The maximum absolute atomic E-state index is 11.0. The number of hydrogen-bond donors (Lipinski definition) is 3. The molecule has 10 nitrogen and oxygen atoms in total. The van der Waals surface area contributed by atoms with Crippen LogP contribution in [0.25, 0.3) is 11.3 Å². The maximum atomic E-state index is 11.0. The fourth-order valence-electron chi connectivity index (χ4n) is 5.02. The van der Waals surface area contributed by atoms with Crippen LogP contribution in [0.2, 0.25) is 0 Å². The number of benzene rings is 1. The van der Waals surface area contributed by atoms with Gasteiger partial charge in [-0.25, -0.2) is 4.98 Å². The Hall–Kier alpha value is -2.66. The Kier molecular flexibility index (Phi) is 7.95. The standard InChI is InChI=1S/C25H37N5O5/c1-24(2,17-30-11-9-29(10-12-30)16-23(31)32)28-25(8-4-5-13-35-25)27-19-6-7-20(21(14-19)33-3)22-15-26-18-34-22/h6-7,14-15,18,27-28H,4-5,8-13,16-17H2,1-3H3,(H,31,32). The van der Waals surface area contributed by atoms with E-state index in [0.717, 1.165) is 63.2 Å². The summed E-state index contributed by atoms with van der Waals surface area (Å²) in [6.07, 6.45) is 5.99. The molecule has 2 aliphatic rings. The van der Waals surface area contributed by atoms with Crippen molar-refractivity contribution in [3.63, 3.8) is 0 Å². The van der Waals surface area contributed by atoms with Gasteiger partial charge in [0.05, 0.1) is 32.0 Å². The highest BCUT2D eigenvalue weighted by Gasteiger charge is 2.39. The summed E-state index contributed by atoms with van der Waals surface area (Å²) < 4.78 is 17.4. The van der Waals surface area contributed by atoms with Crippen molar-refractivity contribution in [2.45, 2.75) is 44.5 Å². The Morgan fingerprint density at radius 3 is 2.63 bits per heavy atom. The monoisotopic (exact) mass is 487 g/mol. The predicted octanol–water partition coefficient (Wildman–Crippen LogP) is 2.69. The summed E-state index contributed by atoms with van der Waals surface area (Å²) in [4.78, 5) is 19.4. The van der Waals surface area contributed by atoms with E-state index in [1.807, 2.05) is 23.1 Å². The van der Waals surface area contributed by atoms with Gasteiger partial charge < -0.3 is 24.3 Å². The molecule has 2 aliphatic heterocycles. The summed E-state index contributed by atoms with van der Waals surface area (Å²) in [5.74, 6) is -0.129. The number of nitrogens with zero attached hydrogens (tertiary/aromatic N) is 3. The first-order valence-corrected chi connectivity index (χ1v) is 12.2. The summed E-state index contributed by atoms with van der Waals surface area (Å²) in [5.41, 5.74) is 1.48. The number of oxazole rings is 1. The van der Waals surface area contributed by atoms with Crippen LogP contribution in [-0.2, 0) is 9.53 Å². The van der Waals surface area contributed by atoms with Crippen LogP contribution in [0, 0.1) is 0 Å². The molecule has 10 heteroatoms. The summed E-state index contributed by atoms with van der Waals surface area (Å²) >= 11 is 0. The fourth-order valence-corrected chi connectivity index (χ4v) is 5.02. The van der Waals surface area contributed by atoms with Gasteiger partial charge in [-0.05, 0) is 38.8 Å². The van der Waals surface area contributed by atoms with Crippen molar-refractivity contribution in [2.24, 2.45) is 0 Å². The number of rotatable bonds is 10. The first-order valence-electron chi connectivity index (χ1n) is 12.2. The van der Waals surface area contributed by atoms with Crippen molar-refractivity contribution in [3.05, 3.63) is 30.8 Å². The molecule has 0 radical (unpaired) electrons. The average Bonchev–Trinajstić information content (AvgIpc) is 3.34. The molecule has 3 heterocycles. The molecule has 2 saturated heterocycles. The molecule has 1 unspecified atom stereocenters. The van der Waals surface area contributed by atoms with Gasteiger partial charge in [-0.2, -0.15) is 0 Å². The Balaban J connectivity index is 1.44. The molecule has 0 spiro atoms. The van der Waals surface area contributed by atoms with Gasteiger partial charge in [0.2, 0.25) is 0 Å². The summed E-state index contributed by atoms with van der Waals surface area (Å²) in [5, 5.41) is 16.4. The maximum Gasteiger partial charge on any atom is 0.317 e. The first kappa shape index (κ1) is 25.4. The van der Waals surface area contributed by atoms with Crippen LogP contribution < -0.4 is 15.4 Å². The zero-order valence-corrected chi connectivity index (χ0v) is 20.9. The molecule has 4 rings (SSSR count). The van der Waals surface area contributed by atoms with Gasteiger partial charge in [-0.15, -0.1) is 0 Å². The molecule has 1 atom stereocenters. The Morgan fingerprint density at radius 2 is 2.00 bits per heavy atom. The third-order valence-corrected chi connectivity index (χ3v) is 6.50. The smallest absolute Gasteiger partial charge is 0.317 e. The molecule has 1 aromatic carbocycles. The number of piperazine rings is 1. The fraction of sp³-hybridized carbons (Fsp3) is 0.600. The SMILES string of the molecule is COc1cc(NC2(NC(C)(C)CN3CCN(CC(=O)O)CC3)CCCCO2)ccc1-c1cnco1. The van der Waals surface area contributed by atoms with Crippen LogP contribution in [0.3, 0.4) is 0 Å². The molecule has 0 aliphatic carbocycles. The van der Waals surface area contributed by atoms with Crippen LogP contribution in [-0.4, -0.2) is 90.2 Å². The Bertz CT molecular complexity index is 967. The topological polar surface area (TPSA) is 112 Å². The predicted molar refractivity (Wildman–Crippen MR) is 132 cm³/mol. The highest BCUT2D eigenvalue weighted by Crippen LogP contribution is 2.34. The van der Waals surface area contributed by atoms with Crippen molar-refractivity contribution >= 4 is 11.7 Å². The molecule has 35 heavy (non-hydrogen) atoms. The molecule has 0 saturated carbocycles. The first-order chi connectivity index (χ1) is 16.8. The molecular weight excluding hydrogens is 450 g/mol. The van der Waals surface area contributed by atoms with E-state index in [9.17, 15) is 4.79 Å². The van der Waals surface area contributed by atoms with Crippen LogP contribution >= 0.6 is 0 Å². The van der Waals surface area contributed by atoms with Crippen molar-refractivity contribution in [1.29, 1.82) is 0 Å². The molecule has 3 N–H and O–H groups in total. The van der Waals surface area contributed by atoms with Gasteiger partial charge in [-0.1, -0.05) is 0 Å². The summed E-state index contributed by atoms with van der Waals surface area (Å²) in [7, 11) is 1.64. The number of aromatic nitrogens is 1. The van der Waals surface area contributed by atoms with Crippen LogP contribution in [0.5, 0.6) is 5.75 Å². The largest absolute Gasteiger partial charge is 0.496 e. The Morgan fingerprint density at radius 1 is 1.23 bits per heavy atom. The average molecular weight is 488 g/mol. The molecule has 2 aromatic rings. The second-order valence-corrected chi connectivity index (χ2v) is 9.99. The van der Waals surface area contributed by atoms with E-state index in [-0.39, 0.29) is 12.1 Å². The molecule has 1 aromatic heterocycles. The van der Waals surface area contributed by atoms with Gasteiger partial charge in [0, 0.05) is 56.4 Å². The van der Waals surface area contributed by atoms with Crippen LogP contribution in [0.4, 0.5) is 5.69 Å². The lowest BCUT2D eigenvalue weighted by Crippen LogP contribution is -2.66. The zero-order valence-electron chi connectivity index (χ0n) is 20.9. The number of hydrogen-bond acceptors (Lipinski definition) is 9.